The summed E-state index contributed by atoms with van der Waals surface area (Å²) in [5, 5.41) is 55.3. The van der Waals surface area contributed by atoms with Crippen LogP contribution in [-0.2, 0) is 9.53 Å². The third kappa shape index (κ3) is 3.99. The third-order valence-electron chi connectivity index (χ3n) is 11.7. The molecule has 4 aliphatic rings. The molecule has 35 heavy (non-hydrogen) atoms. The molecule has 1 heterocycles. The van der Waals surface area contributed by atoms with Gasteiger partial charge in [0.1, 0.15) is 0 Å². The summed E-state index contributed by atoms with van der Waals surface area (Å²) in [5.41, 5.74) is -2.10. The second kappa shape index (κ2) is 9.23. The fraction of sp³-hybridized carbons (Fsp3) is 0.964. The Morgan fingerprint density at radius 2 is 1.60 bits per heavy atom. The van der Waals surface area contributed by atoms with Crippen LogP contribution in [0.2, 0.25) is 0 Å². The number of esters is 1. The van der Waals surface area contributed by atoms with Gasteiger partial charge in [-0.1, -0.05) is 41.5 Å². The molecule has 7 nitrogen and oxygen atoms in total. The standard InChI is InChI=1S/C28H48O7/c1-14(2)15(3)23(31)24(32)16(4)17-8-10-28(34)20-13-35-25(33)19-11-21(29)22(30)12-26(19,5)18(20)7-9-27(17,28)6/h14-24,29-32,34H,7-13H2,1-6H3/t15-,16-,17+,18-,19+,20+,21-,22+,23+,24+,26+,27+,28?/m0/s1. The molecule has 1 aliphatic heterocycles. The minimum absolute atomic E-state index is 0.00953. The molecule has 13 atom stereocenters. The summed E-state index contributed by atoms with van der Waals surface area (Å²) < 4.78 is 5.77. The van der Waals surface area contributed by atoms with Gasteiger partial charge in [-0.15, -0.1) is 0 Å². The lowest BCUT2D eigenvalue weighted by molar-refractivity contribution is -0.202. The number of aliphatic hydroxyl groups excluding tert-OH is 4. The van der Waals surface area contributed by atoms with Crippen molar-refractivity contribution in [2.24, 2.45) is 52.3 Å². The van der Waals surface area contributed by atoms with Crippen LogP contribution in [0.25, 0.3) is 0 Å². The maximum absolute atomic E-state index is 13.0. The van der Waals surface area contributed by atoms with Gasteiger partial charge in [0, 0.05) is 5.92 Å². The molecule has 3 aliphatic carbocycles. The van der Waals surface area contributed by atoms with Crippen molar-refractivity contribution >= 4 is 5.97 Å². The van der Waals surface area contributed by atoms with Crippen molar-refractivity contribution in [1.29, 1.82) is 0 Å². The highest BCUT2D eigenvalue weighted by Crippen LogP contribution is 2.67. The van der Waals surface area contributed by atoms with Gasteiger partial charge in [0.05, 0.1) is 42.5 Å². The lowest BCUT2D eigenvalue weighted by atomic mass is 9.47. The first-order valence-corrected chi connectivity index (χ1v) is 13.8. The fourth-order valence-electron chi connectivity index (χ4n) is 8.89. The van der Waals surface area contributed by atoms with E-state index in [2.05, 4.69) is 6.92 Å². The van der Waals surface area contributed by atoms with E-state index in [1.165, 1.54) is 0 Å². The van der Waals surface area contributed by atoms with Gasteiger partial charge in [-0.25, -0.2) is 0 Å². The van der Waals surface area contributed by atoms with Gasteiger partial charge >= 0.3 is 5.97 Å². The van der Waals surface area contributed by atoms with E-state index in [4.69, 9.17) is 4.74 Å². The van der Waals surface area contributed by atoms with Crippen molar-refractivity contribution in [3.8, 4) is 0 Å². The second-order valence-corrected chi connectivity index (χ2v) is 13.4. The average Bonchev–Trinajstić information content (AvgIpc) is 3.02. The Morgan fingerprint density at radius 3 is 2.23 bits per heavy atom. The third-order valence-corrected chi connectivity index (χ3v) is 11.7. The molecule has 1 unspecified atom stereocenters. The zero-order valence-electron chi connectivity index (χ0n) is 22.4. The maximum Gasteiger partial charge on any atom is 0.309 e. The summed E-state index contributed by atoms with van der Waals surface area (Å²) in [5.74, 6) is -1.05. The first-order valence-electron chi connectivity index (χ1n) is 13.8. The highest BCUT2D eigenvalue weighted by Gasteiger charge is 2.69. The predicted molar refractivity (Wildman–Crippen MR) is 131 cm³/mol. The van der Waals surface area contributed by atoms with Gasteiger partial charge in [-0.3, -0.25) is 4.79 Å². The highest BCUT2D eigenvalue weighted by atomic mass is 16.5. The van der Waals surface area contributed by atoms with Crippen LogP contribution >= 0.6 is 0 Å². The second-order valence-electron chi connectivity index (χ2n) is 13.4. The zero-order chi connectivity index (χ0) is 26.1. The number of cyclic esters (lactones) is 1. The Kier molecular flexibility index (Phi) is 7.20. The summed E-state index contributed by atoms with van der Waals surface area (Å²) in [4.78, 5) is 13.0. The Bertz CT molecular complexity index is 802. The van der Waals surface area contributed by atoms with E-state index < -0.39 is 46.8 Å². The summed E-state index contributed by atoms with van der Waals surface area (Å²) >= 11 is 0. The van der Waals surface area contributed by atoms with E-state index >= 15 is 0 Å². The Hall–Kier alpha value is -0.730. The van der Waals surface area contributed by atoms with Crippen LogP contribution in [-0.4, -0.2) is 68.1 Å². The zero-order valence-corrected chi connectivity index (χ0v) is 22.4. The van der Waals surface area contributed by atoms with Crippen molar-refractivity contribution < 1.29 is 35.1 Å². The van der Waals surface area contributed by atoms with Crippen LogP contribution in [0, 0.1) is 52.3 Å². The molecule has 0 bridgehead atoms. The molecule has 0 amide bonds. The van der Waals surface area contributed by atoms with E-state index in [0.717, 1.165) is 19.3 Å². The van der Waals surface area contributed by atoms with Crippen LogP contribution in [0.1, 0.15) is 80.1 Å². The molecule has 0 aromatic heterocycles. The summed E-state index contributed by atoms with van der Waals surface area (Å²) in [7, 11) is 0. The minimum atomic E-state index is -1.07. The van der Waals surface area contributed by atoms with Gasteiger partial charge in [0.15, 0.2) is 0 Å². The molecule has 5 N–H and O–H groups in total. The Morgan fingerprint density at radius 1 is 0.943 bits per heavy atom. The molecular weight excluding hydrogens is 448 g/mol. The first-order chi connectivity index (χ1) is 16.2. The van der Waals surface area contributed by atoms with Gasteiger partial charge in [0.25, 0.3) is 0 Å². The number of fused-ring (bicyclic) bond motifs is 5. The van der Waals surface area contributed by atoms with Gasteiger partial charge in [-0.2, -0.15) is 0 Å². The predicted octanol–water partition coefficient (Wildman–Crippen LogP) is 2.50. The average molecular weight is 497 g/mol. The molecule has 0 radical (unpaired) electrons. The molecule has 1 saturated heterocycles. The van der Waals surface area contributed by atoms with Crippen molar-refractivity contribution in [3.63, 3.8) is 0 Å². The summed E-state index contributed by atoms with van der Waals surface area (Å²) in [6.07, 6.45) is -0.179. The smallest absolute Gasteiger partial charge is 0.309 e. The molecule has 0 aromatic rings. The van der Waals surface area contributed by atoms with E-state index in [1.807, 2.05) is 34.6 Å². The summed E-state index contributed by atoms with van der Waals surface area (Å²) in [6.45, 7) is 12.4. The van der Waals surface area contributed by atoms with Crippen LogP contribution in [0.5, 0.6) is 0 Å². The number of aliphatic hydroxyl groups is 5. The molecule has 0 spiro atoms. The van der Waals surface area contributed by atoms with E-state index in [0.29, 0.717) is 12.8 Å². The molecule has 7 heteroatoms. The van der Waals surface area contributed by atoms with E-state index in [-0.39, 0.29) is 54.5 Å². The summed E-state index contributed by atoms with van der Waals surface area (Å²) in [6, 6.07) is 0. The van der Waals surface area contributed by atoms with Gasteiger partial charge in [-0.05, 0) is 78.9 Å². The molecule has 4 rings (SSSR count). The number of hydrogen-bond donors (Lipinski definition) is 5. The van der Waals surface area contributed by atoms with Crippen LogP contribution in [0.3, 0.4) is 0 Å². The van der Waals surface area contributed by atoms with Gasteiger partial charge in [0.2, 0.25) is 0 Å². The quantitative estimate of drug-likeness (QED) is 0.370. The van der Waals surface area contributed by atoms with Crippen LogP contribution < -0.4 is 0 Å². The SMILES string of the molecule is CC(C)[C@H](C)[C@@H](O)[C@H](O)[C@@H](C)[C@H]1CCC2(O)[C@@H]3COC(=O)[C@H]4C[C@H](O)[C@H](O)C[C@]4(C)[C@H]3CC[C@]12C. The minimum Gasteiger partial charge on any atom is -0.465 e. The van der Waals surface area contributed by atoms with E-state index in [1.54, 1.807) is 0 Å². The fourth-order valence-corrected chi connectivity index (χ4v) is 8.89. The van der Waals surface area contributed by atoms with Crippen molar-refractivity contribution in [3.05, 3.63) is 0 Å². The number of carbonyl (C=O) groups excluding carboxylic acids is 1. The first kappa shape index (κ1) is 27.3. The van der Waals surface area contributed by atoms with Crippen LogP contribution in [0.15, 0.2) is 0 Å². The number of hydrogen-bond acceptors (Lipinski definition) is 7. The lowest BCUT2D eigenvalue weighted by Crippen LogP contribution is -2.62. The Balaban J connectivity index is 1.63. The molecular formula is C28H48O7. The molecule has 0 aromatic carbocycles. The normalized spacial score (nSPS) is 49.2. The highest BCUT2D eigenvalue weighted by molar-refractivity contribution is 5.74. The maximum atomic E-state index is 13.0. The van der Waals surface area contributed by atoms with Crippen LogP contribution in [0.4, 0.5) is 0 Å². The number of carbonyl (C=O) groups is 1. The molecule has 202 valence electrons. The van der Waals surface area contributed by atoms with Crippen molar-refractivity contribution in [1.82, 2.24) is 0 Å². The number of rotatable bonds is 5. The number of ether oxygens (including phenoxy) is 1. The Labute approximate surface area is 210 Å². The van der Waals surface area contributed by atoms with Crippen molar-refractivity contribution in [2.75, 3.05) is 6.61 Å². The van der Waals surface area contributed by atoms with Gasteiger partial charge < -0.3 is 30.3 Å². The lowest BCUT2D eigenvalue weighted by Gasteiger charge is -2.59. The topological polar surface area (TPSA) is 127 Å². The molecule has 3 saturated carbocycles. The largest absolute Gasteiger partial charge is 0.465 e. The van der Waals surface area contributed by atoms with Crippen molar-refractivity contribution in [2.45, 2.75) is 110 Å². The van der Waals surface area contributed by atoms with E-state index in [9.17, 15) is 30.3 Å². The monoisotopic (exact) mass is 496 g/mol. The molecule has 4 fully saturated rings.